The Bertz CT molecular complexity index is 1390. The van der Waals surface area contributed by atoms with E-state index in [1.54, 1.807) is 35.2 Å². The maximum Gasteiger partial charge on any atom is 0.329 e. The van der Waals surface area contributed by atoms with Crippen LogP contribution in [0.4, 0.5) is 0 Å². The molecule has 0 aromatic rings. The van der Waals surface area contributed by atoms with E-state index in [0.717, 1.165) is 12.0 Å². The standard InChI is InChI=1S/C43H71NO12/c1-10-30-18-24(2)17-25(3)19-36(53-8)39-37(54-9)21-27(5)43(51,56-39)40(48)41(49)44-16-12-11-13-31(44)42(50)55-34(23-33(30)46)28(6)38(47)26(4)20-29-14-15-32(45)35(22-29)52-7/h18,20,25,27-39,45-47,51H,10-17,19,21-23H2,1-9H3/b24-18+,26-20+/t25-,27+,28+,29-,30+,31-,32+,33+,34-,35+,36-,37-,38+,39+,43+/m0/s1. The van der Waals surface area contributed by atoms with Gasteiger partial charge in [0.2, 0.25) is 5.79 Å². The molecule has 3 fully saturated rings. The summed E-state index contributed by atoms with van der Waals surface area (Å²) in [6.45, 7) is 11.4. The maximum absolute atomic E-state index is 14.2. The van der Waals surface area contributed by atoms with Crippen LogP contribution in [0.25, 0.3) is 0 Å². The third-order valence-corrected chi connectivity index (χ3v) is 13.1. The smallest absolute Gasteiger partial charge is 0.329 e. The molecule has 0 radical (unpaired) electrons. The van der Waals surface area contributed by atoms with Crippen molar-refractivity contribution in [2.45, 2.75) is 173 Å². The molecule has 2 bridgehead atoms. The highest BCUT2D eigenvalue weighted by atomic mass is 16.7. The zero-order valence-corrected chi connectivity index (χ0v) is 35.2. The Hall–Kier alpha value is -2.23. The Kier molecular flexibility index (Phi) is 17.1. The summed E-state index contributed by atoms with van der Waals surface area (Å²) in [6, 6.07) is -1.12. The van der Waals surface area contributed by atoms with Crippen LogP contribution in [-0.2, 0) is 38.1 Å². The van der Waals surface area contributed by atoms with Gasteiger partial charge in [-0.25, -0.2) is 4.79 Å². The van der Waals surface area contributed by atoms with Crippen LogP contribution in [0.2, 0.25) is 0 Å². The van der Waals surface area contributed by atoms with Crippen molar-refractivity contribution in [3.05, 3.63) is 23.3 Å². The number of fused-ring (bicyclic) bond motifs is 3. The van der Waals surface area contributed by atoms with E-state index in [9.17, 15) is 34.8 Å². The highest BCUT2D eigenvalue weighted by Crippen LogP contribution is 2.39. The number of esters is 1. The number of hydrogen-bond acceptors (Lipinski definition) is 12. The summed E-state index contributed by atoms with van der Waals surface area (Å²) in [7, 11) is 4.67. The normalized spacial score (nSPS) is 40.9. The van der Waals surface area contributed by atoms with E-state index >= 15 is 0 Å². The van der Waals surface area contributed by atoms with Gasteiger partial charge in [0.15, 0.2) is 0 Å². The van der Waals surface area contributed by atoms with Gasteiger partial charge in [0.1, 0.15) is 18.2 Å². The van der Waals surface area contributed by atoms with Crippen molar-refractivity contribution in [2.24, 2.45) is 29.6 Å². The second-order valence-electron chi connectivity index (χ2n) is 17.3. The second-order valence-corrected chi connectivity index (χ2v) is 17.3. The molecule has 320 valence electrons. The number of carbonyl (C=O) groups excluding carboxylic acids is 3. The van der Waals surface area contributed by atoms with Crippen LogP contribution in [0.1, 0.15) is 112 Å². The third-order valence-electron chi connectivity index (χ3n) is 13.1. The SMILES string of the molecule is CC[C@@H]1/C=C(\C)C[C@H](C)C[C@H](OC)[C@H]2O[C@@](O)(C(=O)C(=O)N3CCCC[C@H]3C(=O)O[C@H]([C@@H](C)[C@H](O)/C(C)=C/[C@@H]3CC[C@@H](O)[C@H](OC)C3)C[C@H]1O)[C@H](C)C[C@@H]2OC. The van der Waals surface area contributed by atoms with Crippen LogP contribution in [0.3, 0.4) is 0 Å². The molecule has 1 saturated carbocycles. The lowest BCUT2D eigenvalue weighted by molar-refractivity contribution is -0.302. The average Bonchev–Trinajstić information content (AvgIpc) is 3.18. The highest BCUT2D eigenvalue weighted by Gasteiger charge is 2.56. The van der Waals surface area contributed by atoms with Crippen molar-refractivity contribution < 1.29 is 58.5 Å². The Morgan fingerprint density at radius 1 is 0.964 bits per heavy atom. The molecule has 56 heavy (non-hydrogen) atoms. The number of piperidine rings is 1. The summed E-state index contributed by atoms with van der Waals surface area (Å²) >= 11 is 0. The number of allylic oxidation sites excluding steroid dienone is 2. The molecule has 1 aliphatic carbocycles. The van der Waals surface area contributed by atoms with Crippen LogP contribution in [0.15, 0.2) is 23.3 Å². The van der Waals surface area contributed by atoms with Crippen molar-refractivity contribution >= 4 is 17.7 Å². The number of ether oxygens (including phenoxy) is 5. The Labute approximate surface area is 334 Å². The summed E-state index contributed by atoms with van der Waals surface area (Å²) < 4.78 is 29.7. The van der Waals surface area contributed by atoms with E-state index in [2.05, 4.69) is 13.0 Å². The second kappa shape index (κ2) is 20.6. The fourth-order valence-electron chi connectivity index (χ4n) is 9.54. The minimum Gasteiger partial charge on any atom is -0.460 e. The summed E-state index contributed by atoms with van der Waals surface area (Å²) in [6.07, 6.45) is 3.76. The zero-order valence-electron chi connectivity index (χ0n) is 35.2. The van der Waals surface area contributed by atoms with Gasteiger partial charge >= 0.3 is 5.97 Å². The molecule has 0 spiro atoms. The van der Waals surface area contributed by atoms with Crippen LogP contribution in [0.5, 0.6) is 0 Å². The summed E-state index contributed by atoms with van der Waals surface area (Å²) in [5, 5.41) is 45.8. The Morgan fingerprint density at radius 3 is 2.27 bits per heavy atom. The minimum absolute atomic E-state index is 0.0347. The maximum atomic E-state index is 14.2. The molecule has 0 unspecified atom stereocenters. The van der Waals surface area contributed by atoms with Crippen LogP contribution < -0.4 is 0 Å². The number of hydrogen-bond donors (Lipinski definition) is 4. The van der Waals surface area contributed by atoms with Crippen molar-refractivity contribution in [1.82, 2.24) is 4.90 Å². The van der Waals surface area contributed by atoms with E-state index in [1.165, 1.54) is 4.90 Å². The lowest BCUT2D eigenvalue weighted by Gasteiger charge is -2.47. The fourth-order valence-corrected chi connectivity index (χ4v) is 9.54. The lowest BCUT2D eigenvalue weighted by atomic mass is 9.81. The van der Waals surface area contributed by atoms with Gasteiger partial charge in [-0.3, -0.25) is 9.59 Å². The molecular formula is C43H71NO12. The van der Waals surface area contributed by atoms with Gasteiger partial charge in [0.25, 0.3) is 11.7 Å². The van der Waals surface area contributed by atoms with Gasteiger partial charge in [-0.2, -0.15) is 0 Å². The van der Waals surface area contributed by atoms with E-state index < -0.39 is 84.1 Å². The van der Waals surface area contributed by atoms with Gasteiger partial charge in [0.05, 0.1) is 36.6 Å². The van der Waals surface area contributed by atoms with Gasteiger partial charge in [-0.05, 0) is 95.5 Å². The first-order valence-corrected chi connectivity index (χ1v) is 20.9. The first-order chi connectivity index (χ1) is 26.5. The first kappa shape index (κ1) is 46.5. The van der Waals surface area contributed by atoms with Gasteiger partial charge in [-0.1, -0.05) is 45.4 Å². The number of methoxy groups -OCH3 is 3. The number of nitrogens with zero attached hydrogens (tertiary/aromatic N) is 1. The molecule has 15 atom stereocenters. The molecular weight excluding hydrogens is 722 g/mol. The van der Waals surface area contributed by atoms with Crippen LogP contribution >= 0.6 is 0 Å². The number of cyclic esters (lactones) is 1. The van der Waals surface area contributed by atoms with E-state index in [-0.39, 0.29) is 49.7 Å². The number of aliphatic hydroxyl groups excluding tert-OH is 3. The summed E-state index contributed by atoms with van der Waals surface area (Å²) in [5.74, 6) is -6.99. The number of carbonyl (C=O) groups is 3. The molecule has 2 saturated heterocycles. The molecule has 1 amide bonds. The van der Waals surface area contributed by atoms with Crippen molar-refractivity contribution in [3.8, 4) is 0 Å². The Balaban J connectivity index is 1.72. The molecule has 13 nitrogen and oxygen atoms in total. The third kappa shape index (κ3) is 10.9. The molecule has 4 N–H and O–H groups in total. The topological polar surface area (TPSA) is 182 Å². The van der Waals surface area contributed by atoms with Gasteiger partial charge in [-0.15, -0.1) is 0 Å². The number of ketones is 1. The van der Waals surface area contributed by atoms with E-state index in [1.807, 2.05) is 26.8 Å². The van der Waals surface area contributed by atoms with Crippen LogP contribution in [-0.4, -0.2) is 132 Å². The number of rotatable bonds is 8. The van der Waals surface area contributed by atoms with E-state index in [0.29, 0.717) is 50.5 Å². The molecule has 3 heterocycles. The number of Topliss-reactive ketones (excluding diaryl/α,β-unsaturated/α-hetero) is 1. The summed E-state index contributed by atoms with van der Waals surface area (Å²) in [5.41, 5.74) is 1.74. The molecule has 13 heteroatoms. The van der Waals surface area contributed by atoms with E-state index in [4.69, 9.17) is 23.7 Å². The Morgan fingerprint density at radius 2 is 1.62 bits per heavy atom. The first-order valence-electron chi connectivity index (χ1n) is 20.9. The quantitative estimate of drug-likeness (QED) is 0.156. The molecule has 3 aliphatic heterocycles. The molecule has 0 aromatic heterocycles. The minimum atomic E-state index is -2.48. The number of aliphatic hydroxyl groups is 4. The zero-order chi connectivity index (χ0) is 41.5. The predicted molar refractivity (Wildman–Crippen MR) is 209 cm³/mol. The molecule has 4 aliphatic rings. The number of amides is 1. The van der Waals surface area contributed by atoms with Gasteiger partial charge < -0.3 is 49.0 Å². The van der Waals surface area contributed by atoms with Gasteiger partial charge in [0, 0.05) is 52.0 Å². The average molecular weight is 794 g/mol. The molecule has 0 aromatic carbocycles. The predicted octanol–water partition coefficient (Wildman–Crippen LogP) is 4.26. The van der Waals surface area contributed by atoms with Crippen molar-refractivity contribution in [3.63, 3.8) is 0 Å². The highest BCUT2D eigenvalue weighted by molar-refractivity contribution is 6.39. The molecule has 4 rings (SSSR count). The fraction of sp³-hybridized carbons (Fsp3) is 0.837. The monoisotopic (exact) mass is 793 g/mol. The largest absolute Gasteiger partial charge is 0.460 e. The lowest BCUT2D eigenvalue weighted by Crippen LogP contribution is -2.64. The van der Waals surface area contributed by atoms with Crippen molar-refractivity contribution in [2.75, 3.05) is 27.9 Å². The van der Waals surface area contributed by atoms with Crippen molar-refractivity contribution in [1.29, 1.82) is 0 Å². The summed E-state index contributed by atoms with van der Waals surface area (Å²) in [4.78, 5) is 43.7. The van der Waals surface area contributed by atoms with Crippen LogP contribution in [0, 0.1) is 29.6 Å².